The number of carbonyl (C=O) groups excluding carboxylic acids is 1. The van der Waals surface area contributed by atoms with Crippen LogP contribution in [0.2, 0.25) is 0 Å². The first-order valence-electron chi connectivity index (χ1n) is 6.53. The van der Waals surface area contributed by atoms with Gasteiger partial charge in [-0.05, 0) is 44.1 Å². The maximum atomic E-state index is 12.0. The Morgan fingerprint density at radius 2 is 2.06 bits per heavy atom. The number of hydrogen-bond acceptors (Lipinski definition) is 3. The van der Waals surface area contributed by atoms with E-state index in [2.05, 4.69) is 19.2 Å². The quantitative estimate of drug-likeness (QED) is 0.746. The van der Waals surface area contributed by atoms with Gasteiger partial charge in [-0.2, -0.15) is 0 Å². The molecule has 1 aliphatic carbocycles. The van der Waals surface area contributed by atoms with Crippen LogP contribution in [0.15, 0.2) is 0 Å². The molecule has 0 radical (unpaired) electrons. The third-order valence-electron chi connectivity index (χ3n) is 4.24. The third-order valence-corrected chi connectivity index (χ3v) is 4.24. The first-order chi connectivity index (χ1) is 7.59. The van der Waals surface area contributed by atoms with Crippen LogP contribution in [0.1, 0.15) is 40.0 Å². The van der Waals surface area contributed by atoms with E-state index in [0.29, 0.717) is 17.8 Å². The number of nitrogens with one attached hydrogen (secondary N) is 1. The molecule has 1 saturated carbocycles. The van der Waals surface area contributed by atoms with Gasteiger partial charge in [0.15, 0.2) is 0 Å². The Labute approximate surface area is 97.9 Å². The van der Waals surface area contributed by atoms with E-state index in [9.17, 15) is 4.79 Å². The number of ether oxygens (including phenoxy) is 1. The smallest absolute Gasteiger partial charge is 0.323 e. The second-order valence-corrected chi connectivity index (χ2v) is 5.63. The summed E-state index contributed by atoms with van der Waals surface area (Å²) in [5.74, 6) is 1.61. The molecule has 3 nitrogen and oxygen atoms in total. The number of esters is 1. The van der Waals surface area contributed by atoms with Gasteiger partial charge in [-0.3, -0.25) is 4.79 Å². The molecule has 0 amide bonds. The molecule has 1 heterocycles. The number of fused-ring (bicyclic) bond motifs is 1. The van der Waals surface area contributed by atoms with E-state index < -0.39 is 0 Å². The summed E-state index contributed by atoms with van der Waals surface area (Å²) in [6.07, 6.45) is 3.77. The Kier molecular flexibility index (Phi) is 3.53. The van der Waals surface area contributed by atoms with Gasteiger partial charge in [-0.1, -0.05) is 20.3 Å². The van der Waals surface area contributed by atoms with Crippen molar-refractivity contribution in [3.63, 3.8) is 0 Å². The van der Waals surface area contributed by atoms with E-state index in [1.165, 1.54) is 19.3 Å². The summed E-state index contributed by atoms with van der Waals surface area (Å²) in [4.78, 5) is 12.0. The predicted molar refractivity (Wildman–Crippen MR) is 63.0 cm³/mol. The summed E-state index contributed by atoms with van der Waals surface area (Å²) in [6, 6.07) is -0.0336. The predicted octanol–water partition coefficient (Wildman–Crippen LogP) is 1.96. The van der Waals surface area contributed by atoms with Crippen LogP contribution in [0, 0.1) is 17.8 Å². The molecule has 0 aromatic rings. The molecule has 2 fully saturated rings. The zero-order valence-corrected chi connectivity index (χ0v) is 10.5. The number of rotatable bonds is 3. The molecule has 92 valence electrons. The Morgan fingerprint density at radius 3 is 2.75 bits per heavy atom. The largest absolute Gasteiger partial charge is 0.461 e. The van der Waals surface area contributed by atoms with Crippen molar-refractivity contribution >= 4 is 5.97 Å². The van der Waals surface area contributed by atoms with Crippen molar-refractivity contribution < 1.29 is 9.53 Å². The van der Waals surface area contributed by atoms with Crippen LogP contribution in [0.3, 0.4) is 0 Å². The van der Waals surface area contributed by atoms with Gasteiger partial charge < -0.3 is 10.1 Å². The summed E-state index contributed by atoms with van der Waals surface area (Å²) < 4.78 is 5.50. The lowest BCUT2D eigenvalue weighted by Crippen LogP contribution is -2.39. The van der Waals surface area contributed by atoms with Crippen molar-refractivity contribution in [1.82, 2.24) is 5.32 Å². The van der Waals surface area contributed by atoms with Gasteiger partial charge in [0.1, 0.15) is 12.1 Å². The average Bonchev–Trinajstić information content (AvgIpc) is 2.77. The van der Waals surface area contributed by atoms with Crippen molar-refractivity contribution in [2.24, 2.45) is 17.8 Å². The number of hydrogen-bond donors (Lipinski definition) is 1. The van der Waals surface area contributed by atoms with Gasteiger partial charge in [0.05, 0.1) is 0 Å². The molecule has 0 aromatic heterocycles. The van der Waals surface area contributed by atoms with Crippen LogP contribution in [-0.4, -0.2) is 24.7 Å². The van der Waals surface area contributed by atoms with E-state index in [0.717, 1.165) is 6.54 Å². The van der Waals surface area contributed by atoms with Gasteiger partial charge in [-0.25, -0.2) is 0 Å². The molecule has 0 spiro atoms. The van der Waals surface area contributed by atoms with Gasteiger partial charge in [-0.15, -0.1) is 0 Å². The van der Waals surface area contributed by atoms with Crippen LogP contribution < -0.4 is 5.32 Å². The van der Waals surface area contributed by atoms with Crippen LogP contribution >= 0.6 is 0 Å². The molecule has 1 saturated heterocycles. The molecule has 0 bridgehead atoms. The minimum atomic E-state index is -0.0336. The summed E-state index contributed by atoms with van der Waals surface area (Å²) in [7, 11) is 0. The zero-order chi connectivity index (χ0) is 11.7. The highest BCUT2D eigenvalue weighted by Gasteiger charge is 2.43. The molecular weight excluding hydrogens is 202 g/mol. The van der Waals surface area contributed by atoms with Crippen LogP contribution in [0.25, 0.3) is 0 Å². The second kappa shape index (κ2) is 4.74. The topological polar surface area (TPSA) is 38.3 Å². The Balaban J connectivity index is 1.90. The molecule has 4 unspecified atom stereocenters. The highest BCUT2D eigenvalue weighted by atomic mass is 16.5. The van der Waals surface area contributed by atoms with Crippen molar-refractivity contribution in [1.29, 1.82) is 0 Å². The van der Waals surface area contributed by atoms with Crippen molar-refractivity contribution in [3.05, 3.63) is 0 Å². The van der Waals surface area contributed by atoms with Gasteiger partial charge in [0.25, 0.3) is 0 Å². The molecule has 16 heavy (non-hydrogen) atoms. The minimum Gasteiger partial charge on any atom is -0.461 e. The molecule has 1 aliphatic heterocycles. The highest BCUT2D eigenvalue weighted by molar-refractivity contribution is 5.77. The normalized spacial score (nSPS) is 35.1. The second-order valence-electron chi connectivity index (χ2n) is 5.63. The number of carbonyl (C=O) groups is 1. The first-order valence-corrected chi connectivity index (χ1v) is 6.53. The van der Waals surface area contributed by atoms with Gasteiger partial charge in [0, 0.05) is 0 Å². The Morgan fingerprint density at radius 1 is 1.31 bits per heavy atom. The molecule has 2 rings (SSSR count). The van der Waals surface area contributed by atoms with Gasteiger partial charge >= 0.3 is 5.97 Å². The average molecular weight is 225 g/mol. The van der Waals surface area contributed by atoms with Crippen LogP contribution in [0.4, 0.5) is 0 Å². The summed E-state index contributed by atoms with van der Waals surface area (Å²) in [5, 5.41) is 3.33. The molecule has 3 heteroatoms. The van der Waals surface area contributed by atoms with Crippen molar-refractivity contribution in [2.75, 3.05) is 6.54 Å². The molecule has 2 aliphatic rings. The maximum Gasteiger partial charge on any atom is 0.323 e. The molecule has 1 N–H and O–H groups in total. The zero-order valence-electron chi connectivity index (χ0n) is 10.5. The highest BCUT2D eigenvalue weighted by Crippen LogP contribution is 2.38. The standard InChI is InChI=1S/C13H23NO2/c1-8(2)9(3)16-13(15)12-11-6-4-5-10(11)7-14-12/h8-12,14H,4-7H2,1-3H3. The van der Waals surface area contributed by atoms with Crippen molar-refractivity contribution in [2.45, 2.75) is 52.2 Å². The van der Waals surface area contributed by atoms with Crippen LogP contribution in [-0.2, 0) is 9.53 Å². The third kappa shape index (κ3) is 2.24. The minimum absolute atomic E-state index is 0.0229. The lowest BCUT2D eigenvalue weighted by atomic mass is 9.94. The first kappa shape index (κ1) is 11.9. The maximum absolute atomic E-state index is 12.0. The lowest BCUT2D eigenvalue weighted by molar-refractivity contribution is -0.153. The Bertz CT molecular complexity index is 265. The molecule has 4 atom stereocenters. The molecule has 0 aromatic carbocycles. The Hall–Kier alpha value is -0.570. The SMILES string of the molecule is CC(C)C(C)OC(=O)C1NCC2CCCC21. The van der Waals surface area contributed by atoms with E-state index in [1.807, 2.05) is 6.92 Å². The van der Waals surface area contributed by atoms with E-state index in [4.69, 9.17) is 4.74 Å². The van der Waals surface area contributed by atoms with Gasteiger partial charge in [0.2, 0.25) is 0 Å². The molecular formula is C13H23NO2. The fourth-order valence-electron chi connectivity index (χ4n) is 2.84. The fourth-order valence-corrected chi connectivity index (χ4v) is 2.84. The van der Waals surface area contributed by atoms with E-state index >= 15 is 0 Å². The fraction of sp³-hybridized carbons (Fsp3) is 0.923. The van der Waals surface area contributed by atoms with Crippen molar-refractivity contribution in [3.8, 4) is 0 Å². The summed E-state index contributed by atoms with van der Waals surface area (Å²) >= 11 is 0. The van der Waals surface area contributed by atoms with E-state index in [-0.39, 0.29) is 18.1 Å². The summed E-state index contributed by atoms with van der Waals surface area (Å²) in [6.45, 7) is 7.14. The monoisotopic (exact) mass is 225 g/mol. The van der Waals surface area contributed by atoms with E-state index in [1.54, 1.807) is 0 Å². The summed E-state index contributed by atoms with van der Waals surface area (Å²) in [5.41, 5.74) is 0. The van der Waals surface area contributed by atoms with Crippen LogP contribution in [0.5, 0.6) is 0 Å². The lowest BCUT2D eigenvalue weighted by Gasteiger charge is -2.22.